The molecule has 0 aliphatic rings. The summed E-state index contributed by atoms with van der Waals surface area (Å²) >= 11 is 0. The van der Waals surface area contributed by atoms with Gasteiger partial charge in [-0.3, -0.25) is 4.79 Å². The van der Waals surface area contributed by atoms with E-state index in [9.17, 15) is 13.6 Å². The van der Waals surface area contributed by atoms with E-state index in [4.69, 9.17) is 0 Å². The van der Waals surface area contributed by atoms with Crippen LogP contribution >= 0.6 is 0 Å². The SMILES string of the molecule is CCCc1ccc(C(=O)CCCc2cccc(F)c2F)cc1. The van der Waals surface area contributed by atoms with Gasteiger partial charge < -0.3 is 0 Å². The molecule has 0 radical (unpaired) electrons. The van der Waals surface area contributed by atoms with Crippen LogP contribution in [0.25, 0.3) is 0 Å². The van der Waals surface area contributed by atoms with E-state index >= 15 is 0 Å². The lowest BCUT2D eigenvalue weighted by molar-refractivity contribution is 0.0980. The first-order valence-corrected chi connectivity index (χ1v) is 7.67. The molecule has 0 aliphatic carbocycles. The molecule has 2 aromatic carbocycles. The Kier molecular flexibility index (Phi) is 5.82. The standard InChI is InChI=1S/C19H20F2O/c1-2-5-14-10-12-15(13-11-14)18(22)9-4-7-16-6-3-8-17(20)19(16)21/h3,6,8,10-13H,2,4-5,7,9H2,1H3. The monoisotopic (exact) mass is 302 g/mol. The van der Waals surface area contributed by atoms with Gasteiger partial charge in [0.15, 0.2) is 17.4 Å². The summed E-state index contributed by atoms with van der Waals surface area (Å²) in [4.78, 5) is 12.1. The second-order valence-corrected chi connectivity index (χ2v) is 5.44. The van der Waals surface area contributed by atoms with Crippen LogP contribution in [0.3, 0.4) is 0 Å². The van der Waals surface area contributed by atoms with Crippen LogP contribution < -0.4 is 0 Å². The minimum atomic E-state index is -0.838. The van der Waals surface area contributed by atoms with Crippen molar-refractivity contribution in [3.8, 4) is 0 Å². The zero-order valence-corrected chi connectivity index (χ0v) is 12.7. The van der Waals surface area contributed by atoms with Crippen LogP contribution in [0.4, 0.5) is 8.78 Å². The van der Waals surface area contributed by atoms with E-state index < -0.39 is 11.6 Å². The molecule has 3 heteroatoms. The van der Waals surface area contributed by atoms with E-state index in [0.29, 0.717) is 30.4 Å². The van der Waals surface area contributed by atoms with Crippen molar-refractivity contribution in [1.82, 2.24) is 0 Å². The molecule has 0 N–H and O–H groups in total. The van der Waals surface area contributed by atoms with Crippen LogP contribution in [-0.2, 0) is 12.8 Å². The molecule has 116 valence electrons. The number of hydrogen-bond donors (Lipinski definition) is 0. The molecule has 2 rings (SSSR count). The number of hydrogen-bond acceptors (Lipinski definition) is 1. The predicted molar refractivity (Wildman–Crippen MR) is 84.1 cm³/mol. The quantitative estimate of drug-likeness (QED) is 0.649. The summed E-state index contributed by atoms with van der Waals surface area (Å²) in [6.07, 6.45) is 3.29. The summed E-state index contributed by atoms with van der Waals surface area (Å²) in [5.74, 6) is -1.60. The van der Waals surface area contributed by atoms with Crippen LogP contribution in [0.1, 0.15) is 47.7 Å². The molecule has 0 heterocycles. The van der Waals surface area contributed by atoms with Gasteiger partial charge >= 0.3 is 0 Å². The van der Waals surface area contributed by atoms with E-state index in [0.717, 1.165) is 18.9 Å². The zero-order chi connectivity index (χ0) is 15.9. The smallest absolute Gasteiger partial charge is 0.162 e. The predicted octanol–water partition coefficient (Wildman–Crippen LogP) is 5.12. The minimum absolute atomic E-state index is 0.0415. The van der Waals surface area contributed by atoms with E-state index in [1.807, 2.05) is 24.3 Å². The number of carbonyl (C=O) groups is 1. The fraction of sp³-hybridized carbons (Fsp3) is 0.316. The molecule has 0 atom stereocenters. The van der Waals surface area contributed by atoms with Gasteiger partial charge in [0.1, 0.15) is 0 Å². The third kappa shape index (κ3) is 4.23. The van der Waals surface area contributed by atoms with Crippen molar-refractivity contribution in [3.05, 3.63) is 70.8 Å². The van der Waals surface area contributed by atoms with Crippen LogP contribution in [0.5, 0.6) is 0 Å². The van der Waals surface area contributed by atoms with Gasteiger partial charge in [0.2, 0.25) is 0 Å². The maximum Gasteiger partial charge on any atom is 0.162 e. The van der Waals surface area contributed by atoms with Gasteiger partial charge in [-0.15, -0.1) is 0 Å². The highest BCUT2D eigenvalue weighted by Crippen LogP contribution is 2.15. The Labute approximate surface area is 130 Å². The first-order chi connectivity index (χ1) is 10.6. The summed E-state index contributed by atoms with van der Waals surface area (Å²) < 4.78 is 26.6. The molecule has 0 unspecified atom stereocenters. The van der Waals surface area contributed by atoms with E-state index in [1.54, 1.807) is 6.07 Å². The third-order valence-corrected chi connectivity index (χ3v) is 3.70. The number of benzene rings is 2. The lowest BCUT2D eigenvalue weighted by Crippen LogP contribution is -2.01. The van der Waals surface area contributed by atoms with Crippen molar-refractivity contribution in [3.63, 3.8) is 0 Å². The normalized spacial score (nSPS) is 10.7. The Bertz CT molecular complexity index is 632. The molecule has 1 nitrogen and oxygen atoms in total. The molecule has 0 amide bonds. The summed E-state index contributed by atoms with van der Waals surface area (Å²) in [6.45, 7) is 2.12. The Balaban J connectivity index is 1.88. The maximum absolute atomic E-state index is 13.5. The number of aryl methyl sites for hydroxylation is 2. The lowest BCUT2D eigenvalue weighted by Gasteiger charge is -2.05. The van der Waals surface area contributed by atoms with Gasteiger partial charge in [0.05, 0.1) is 0 Å². The highest BCUT2D eigenvalue weighted by molar-refractivity contribution is 5.96. The van der Waals surface area contributed by atoms with Crippen molar-refractivity contribution in [2.24, 2.45) is 0 Å². The van der Waals surface area contributed by atoms with Gasteiger partial charge in [-0.25, -0.2) is 8.78 Å². The summed E-state index contributed by atoms with van der Waals surface area (Å²) in [5.41, 5.74) is 2.23. The Morgan fingerprint density at radius 1 is 1.00 bits per heavy atom. The van der Waals surface area contributed by atoms with E-state index in [2.05, 4.69) is 6.92 Å². The molecular weight excluding hydrogens is 282 g/mol. The second-order valence-electron chi connectivity index (χ2n) is 5.44. The molecule has 0 fully saturated rings. The van der Waals surface area contributed by atoms with Crippen LogP contribution in [-0.4, -0.2) is 5.78 Å². The zero-order valence-electron chi connectivity index (χ0n) is 12.7. The third-order valence-electron chi connectivity index (χ3n) is 3.70. The van der Waals surface area contributed by atoms with Crippen LogP contribution in [0.2, 0.25) is 0 Å². The summed E-state index contributed by atoms with van der Waals surface area (Å²) in [7, 11) is 0. The number of ketones is 1. The maximum atomic E-state index is 13.5. The fourth-order valence-corrected chi connectivity index (χ4v) is 2.47. The molecule has 0 spiro atoms. The molecule has 0 aromatic heterocycles. The number of rotatable bonds is 7. The van der Waals surface area contributed by atoms with Gasteiger partial charge in [-0.05, 0) is 36.5 Å². The second kappa shape index (κ2) is 7.83. The Morgan fingerprint density at radius 2 is 1.73 bits per heavy atom. The molecule has 0 saturated carbocycles. The van der Waals surface area contributed by atoms with Crippen molar-refractivity contribution >= 4 is 5.78 Å². The number of Topliss-reactive ketones (excluding diaryl/α,β-unsaturated/α-hetero) is 1. The molecule has 0 aliphatic heterocycles. The van der Waals surface area contributed by atoms with Crippen LogP contribution in [0.15, 0.2) is 42.5 Å². The number of carbonyl (C=O) groups excluding carboxylic acids is 1. The lowest BCUT2D eigenvalue weighted by atomic mass is 10.0. The van der Waals surface area contributed by atoms with E-state index in [-0.39, 0.29) is 5.78 Å². The molecule has 0 bridgehead atoms. The summed E-state index contributed by atoms with van der Waals surface area (Å²) in [6, 6.07) is 11.8. The van der Waals surface area contributed by atoms with Gasteiger partial charge in [0.25, 0.3) is 0 Å². The first kappa shape index (κ1) is 16.3. The minimum Gasteiger partial charge on any atom is -0.294 e. The average molecular weight is 302 g/mol. The van der Waals surface area contributed by atoms with E-state index in [1.165, 1.54) is 11.6 Å². The highest BCUT2D eigenvalue weighted by atomic mass is 19.2. The molecule has 2 aromatic rings. The average Bonchev–Trinajstić information content (AvgIpc) is 2.52. The topological polar surface area (TPSA) is 17.1 Å². The molecule has 0 saturated heterocycles. The van der Waals surface area contributed by atoms with Crippen molar-refractivity contribution < 1.29 is 13.6 Å². The molecule has 22 heavy (non-hydrogen) atoms. The highest BCUT2D eigenvalue weighted by Gasteiger charge is 2.09. The van der Waals surface area contributed by atoms with Crippen molar-refractivity contribution in [1.29, 1.82) is 0 Å². The first-order valence-electron chi connectivity index (χ1n) is 7.67. The largest absolute Gasteiger partial charge is 0.294 e. The Morgan fingerprint density at radius 3 is 2.41 bits per heavy atom. The molecular formula is C19H20F2O. The Hall–Kier alpha value is -2.03. The summed E-state index contributed by atoms with van der Waals surface area (Å²) in [5, 5.41) is 0. The van der Waals surface area contributed by atoms with Crippen LogP contribution in [0, 0.1) is 11.6 Å². The van der Waals surface area contributed by atoms with Gasteiger partial charge in [-0.1, -0.05) is 49.7 Å². The van der Waals surface area contributed by atoms with Gasteiger partial charge in [0, 0.05) is 12.0 Å². The van der Waals surface area contributed by atoms with Gasteiger partial charge in [-0.2, -0.15) is 0 Å². The number of halogens is 2. The van der Waals surface area contributed by atoms with Crippen molar-refractivity contribution in [2.75, 3.05) is 0 Å². The van der Waals surface area contributed by atoms with Crippen molar-refractivity contribution in [2.45, 2.75) is 39.0 Å². The fourth-order valence-electron chi connectivity index (χ4n) is 2.47.